The molecule has 0 spiro atoms. The van der Waals surface area contributed by atoms with Crippen LogP contribution in [0.3, 0.4) is 0 Å². The largest absolute Gasteiger partial charge is 0.465 e. The van der Waals surface area contributed by atoms with Gasteiger partial charge in [0, 0.05) is 0 Å². The summed E-state index contributed by atoms with van der Waals surface area (Å²) >= 11 is 6.15. The van der Waals surface area contributed by atoms with Crippen LogP contribution in [0.2, 0.25) is 5.02 Å². The fourth-order valence-corrected chi connectivity index (χ4v) is 3.61. The van der Waals surface area contributed by atoms with Gasteiger partial charge in [-0.1, -0.05) is 54.1 Å². The van der Waals surface area contributed by atoms with Crippen LogP contribution < -0.4 is 10.6 Å². The lowest BCUT2D eigenvalue weighted by atomic mass is 10.0. The number of hydrogen-bond acceptors (Lipinski definition) is 6. The van der Waals surface area contributed by atoms with Crippen molar-refractivity contribution in [2.24, 2.45) is 0 Å². The number of methoxy groups -OCH3 is 2. The van der Waals surface area contributed by atoms with Crippen molar-refractivity contribution in [1.82, 2.24) is 5.32 Å². The quantitative estimate of drug-likeness (QED) is 0.449. The van der Waals surface area contributed by atoms with Crippen molar-refractivity contribution >= 4 is 41.0 Å². The summed E-state index contributed by atoms with van der Waals surface area (Å²) in [5.41, 5.74) is 1.25. The summed E-state index contributed by atoms with van der Waals surface area (Å²) in [6.45, 7) is 0. The third-order valence-corrected chi connectivity index (χ3v) is 5.46. The first-order chi connectivity index (χ1) is 16.8. The molecule has 3 aromatic carbocycles. The van der Waals surface area contributed by atoms with E-state index in [1.165, 1.54) is 32.4 Å². The molecule has 0 heterocycles. The lowest BCUT2D eigenvalue weighted by molar-refractivity contribution is -0.116. The maximum Gasteiger partial charge on any atom is 0.339 e. The fourth-order valence-electron chi connectivity index (χ4n) is 3.39. The van der Waals surface area contributed by atoms with Crippen LogP contribution in [0.25, 0.3) is 0 Å². The molecule has 2 N–H and O–H groups in total. The molecule has 0 fully saturated rings. The van der Waals surface area contributed by atoms with Gasteiger partial charge in [-0.25, -0.2) is 9.59 Å². The molecule has 1 atom stereocenters. The molecule has 3 aromatic rings. The second-order valence-electron chi connectivity index (χ2n) is 7.41. The smallest absolute Gasteiger partial charge is 0.339 e. The summed E-state index contributed by atoms with van der Waals surface area (Å²) in [5, 5.41) is 5.77. The molecule has 0 aliphatic rings. The van der Waals surface area contributed by atoms with Crippen molar-refractivity contribution in [2.75, 3.05) is 19.5 Å². The number of carbonyl (C=O) groups excluding carboxylic acids is 4. The minimum absolute atomic E-state index is 0.0601. The Bertz CT molecular complexity index is 1250. The Kier molecular flexibility index (Phi) is 8.58. The average molecular weight is 495 g/mol. The zero-order chi connectivity index (χ0) is 25.4. The van der Waals surface area contributed by atoms with Crippen LogP contribution in [0, 0.1) is 0 Å². The second kappa shape index (κ2) is 11.8. The van der Waals surface area contributed by atoms with E-state index in [9.17, 15) is 19.2 Å². The van der Waals surface area contributed by atoms with E-state index in [4.69, 9.17) is 21.1 Å². The Morgan fingerprint density at radius 3 is 2.14 bits per heavy atom. The predicted molar refractivity (Wildman–Crippen MR) is 130 cm³/mol. The van der Waals surface area contributed by atoms with Crippen molar-refractivity contribution < 1.29 is 28.7 Å². The van der Waals surface area contributed by atoms with Crippen molar-refractivity contribution in [3.05, 3.63) is 100 Å². The highest BCUT2D eigenvalue weighted by Crippen LogP contribution is 2.23. The van der Waals surface area contributed by atoms with Gasteiger partial charge in [-0.2, -0.15) is 0 Å². The molecule has 9 heteroatoms. The summed E-state index contributed by atoms with van der Waals surface area (Å²) in [4.78, 5) is 50.0. The lowest BCUT2D eigenvalue weighted by Gasteiger charge is -2.20. The average Bonchev–Trinajstić information content (AvgIpc) is 2.88. The molecule has 0 aromatic heterocycles. The van der Waals surface area contributed by atoms with E-state index in [0.717, 1.165) is 0 Å². The monoisotopic (exact) mass is 494 g/mol. The zero-order valence-electron chi connectivity index (χ0n) is 19.0. The number of esters is 2. The Balaban J connectivity index is 1.87. The zero-order valence-corrected chi connectivity index (χ0v) is 19.8. The molecular weight excluding hydrogens is 472 g/mol. The molecular formula is C26H23ClN2O6. The minimum atomic E-state index is -0.703. The van der Waals surface area contributed by atoms with Crippen LogP contribution >= 0.6 is 11.6 Å². The van der Waals surface area contributed by atoms with Gasteiger partial charge in [0.1, 0.15) is 0 Å². The summed E-state index contributed by atoms with van der Waals surface area (Å²) in [5.74, 6) is -2.28. The number of ether oxygens (including phenoxy) is 2. The van der Waals surface area contributed by atoms with Crippen LogP contribution in [0.15, 0.2) is 72.8 Å². The highest BCUT2D eigenvalue weighted by atomic mass is 35.5. The molecule has 3 rings (SSSR count). The van der Waals surface area contributed by atoms with Crippen LogP contribution in [0.4, 0.5) is 5.69 Å². The van der Waals surface area contributed by atoms with Crippen molar-refractivity contribution in [1.29, 1.82) is 0 Å². The van der Waals surface area contributed by atoms with Gasteiger partial charge in [-0.15, -0.1) is 0 Å². The van der Waals surface area contributed by atoms with E-state index in [1.807, 2.05) is 6.07 Å². The van der Waals surface area contributed by atoms with Crippen molar-refractivity contribution in [3.8, 4) is 0 Å². The Morgan fingerprint density at radius 1 is 0.829 bits per heavy atom. The van der Waals surface area contributed by atoms with E-state index in [-0.39, 0.29) is 33.8 Å². The standard InChI is InChI=1S/C26H23ClN2O6/c1-34-25(32)17-12-13-19(26(33)35-2)22(14-17)28-23(30)15-21(16-8-4-3-5-9-16)29-24(31)18-10-6-7-11-20(18)27/h3-14,21H,15H2,1-2H3,(H,28,30)(H,29,31)/t21-/m1/s1. The summed E-state index contributed by atoms with van der Waals surface area (Å²) < 4.78 is 9.49. The highest BCUT2D eigenvalue weighted by Gasteiger charge is 2.22. The number of anilines is 1. The molecule has 0 bridgehead atoms. The van der Waals surface area contributed by atoms with E-state index in [0.29, 0.717) is 5.56 Å². The molecule has 0 radical (unpaired) electrons. The third kappa shape index (κ3) is 6.45. The lowest BCUT2D eigenvalue weighted by Crippen LogP contribution is -2.32. The van der Waals surface area contributed by atoms with Gasteiger partial charge in [0.15, 0.2) is 0 Å². The van der Waals surface area contributed by atoms with E-state index < -0.39 is 29.8 Å². The van der Waals surface area contributed by atoms with E-state index in [2.05, 4.69) is 10.6 Å². The maximum atomic E-state index is 13.0. The number of carbonyl (C=O) groups is 4. The first-order valence-corrected chi connectivity index (χ1v) is 10.9. The number of amides is 2. The van der Waals surface area contributed by atoms with Gasteiger partial charge >= 0.3 is 11.9 Å². The predicted octanol–water partition coefficient (Wildman–Crippen LogP) is 4.41. The van der Waals surface area contributed by atoms with Gasteiger partial charge in [-0.05, 0) is 35.9 Å². The highest BCUT2D eigenvalue weighted by molar-refractivity contribution is 6.33. The number of halogens is 1. The molecule has 2 amide bonds. The van der Waals surface area contributed by atoms with Gasteiger partial charge in [0.25, 0.3) is 5.91 Å². The first-order valence-electron chi connectivity index (χ1n) is 10.5. The molecule has 0 unspecified atom stereocenters. The topological polar surface area (TPSA) is 111 Å². The summed E-state index contributed by atoms with van der Waals surface area (Å²) in [6, 6.07) is 18.9. The van der Waals surface area contributed by atoms with E-state index >= 15 is 0 Å². The van der Waals surface area contributed by atoms with Gasteiger partial charge < -0.3 is 20.1 Å². The first kappa shape index (κ1) is 25.5. The van der Waals surface area contributed by atoms with Gasteiger partial charge in [0.05, 0.1) is 54.1 Å². The van der Waals surface area contributed by atoms with Gasteiger partial charge in [0.2, 0.25) is 5.91 Å². The van der Waals surface area contributed by atoms with E-state index in [1.54, 1.807) is 48.5 Å². The molecule has 0 saturated carbocycles. The summed E-state index contributed by atoms with van der Waals surface area (Å²) in [6.07, 6.45) is -0.163. The fraction of sp³-hybridized carbons (Fsp3) is 0.154. The van der Waals surface area contributed by atoms with Crippen molar-refractivity contribution in [2.45, 2.75) is 12.5 Å². The van der Waals surface area contributed by atoms with Crippen molar-refractivity contribution in [3.63, 3.8) is 0 Å². The molecule has 8 nitrogen and oxygen atoms in total. The summed E-state index contributed by atoms with van der Waals surface area (Å²) in [7, 11) is 2.43. The van der Waals surface area contributed by atoms with Crippen LogP contribution in [0.5, 0.6) is 0 Å². The van der Waals surface area contributed by atoms with Crippen LogP contribution in [0.1, 0.15) is 49.1 Å². The maximum absolute atomic E-state index is 13.0. The minimum Gasteiger partial charge on any atom is -0.465 e. The Hall–Kier alpha value is -4.17. The molecule has 35 heavy (non-hydrogen) atoms. The molecule has 0 aliphatic heterocycles. The Morgan fingerprint density at radius 2 is 1.49 bits per heavy atom. The Labute approximate surface area is 207 Å². The third-order valence-electron chi connectivity index (χ3n) is 5.14. The normalized spacial score (nSPS) is 11.2. The van der Waals surface area contributed by atoms with Crippen LogP contribution in [-0.2, 0) is 14.3 Å². The molecule has 180 valence electrons. The van der Waals surface area contributed by atoms with Gasteiger partial charge in [-0.3, -0.25) is 9.59 Å². The number of hydrogen-bond donors (Lipinski definition) is 2. The molecule has 0 aliphatic carbocycles. The SMILES string of the molecule is COC(=O)c1ccc(C(=O)OC)c(NC(=O)C[C@@H](NC(=O)c2ccccc2Cl)c2ccccc2)c1. The number of benzene rings is 3. The number of rotatable bonds is 8. The molecule has 0 saturated heterocycles. The van der Waals surface area contributed by atoms with Crippen LogP contribution in [-0.4, -0.2) is 38.0 Å². The number of nitrogens with one attached hydrogen (secondary N) is 2. The second-order valence-corrected chi connectivity index (χ2v) is 7.82.